The summed E-state index contributed by atoms with van der Waals surface area (Å²) < 4.78 is 43.0. The van der Waals surface area contributed by atoms with Crippen LogP contribution in [0.4, 0.5) is 26.4 Å². The number of rotatable bonds is 8. The molecule has 1 amide bonds. The van der Waals surface area contributed by atoms with Gasteiger partial charge in [0, 0.05) is 50.9 Å². The monoisotopic (exact) mass is 492 g/mol. The number of piperidine rings is 1. The lowest BCUT2D eigenvalue weighted by molar-refractivity contribution is 0.0795. The zero-order chi connectivity index (χ0) is 24.9. The number of halogens is 1. The standard InChI is InChI=1S/C24H33FN4O4S/c1-17(2)16-33-24(30)29-11-8-18(9-12-29)15-28(3)23-13-19(7-10-26-23)27-22-6-5-20(14-21(22)25)34(4,31)32/h5-7,10,13-14,17-18H,8-9,11-12,15-16H2,1-4H3,(H,26,27). The highest BCUT2D eigenvalue weighted by atomic mass is 32.2. The maximum atomic E-state index is 14.4. The fraction of sp³-hybridized carbons (Fsp3) is 0.500. The van der Waals surface area contributed by atoms with E-state index in [4.69, 9.17) is 4.74 Å². The SMILES string of the molecule is CC(C)COC(=O)N1CCC(CN(C)c2cc(Nc3ccc(S(C)(=O)=O)cc3F)ccn2)CC1. The first-order chi connectivity index (χ1) is 16.0. The molecular weight excluding hydrogens is 459 g/mol. The Morgan fingerprint density at radius 2 is 1.97 bits per heavy atom. The smallest absolute Gasteiger partial charge is 0.409 e. The maximum Gasteiger partial charge on any atom is 0.409 e. The fourth-order valence-corrected chi connectivity index (χ4v) is 4.43. The number of pyridine rings is 1. The number of sulfone groups is 1. The molecule has 0 unspecified atom stereocenters. The zero-order valence-corrected chi connectivity index (χ0v) is 20.9. The Kier molecular flexibility index (Phi) is 8.35. The summed E-state index contributed by atoms with van der Waals surface area (Å²) >= 11 is 0. The lowest BCUT2D eigenvalue weighted by Crippen LogP contribution is -2.41. The number of hydrogen-bond donors (Lipinski definition) is 1. The van der Waals surface area contributed by atoms with Gasteiger partial charge in [-0.25, -0.2) is 22.6 Å². The Bertz CT molecular complexity index is 1100. The van der Waals surface area contributed by atoms with Crippen molar-refractivity contribution in [3.63, 3.8) is 0 Å². The second kappa shape index (κ2) is 11.0. The van der Waals surface area contributed by atoms with E-state index < -0.39 is 15.7 Å². The van der Waals surface area contributed by atoms with Gasteiger partial charge in [-0.2, -0.15) is 0 Å². The molecule has 3 rings (SSSR count). The average molecular weight is 493 g/mol. The number of likely N-dealkylation sites (tertiary alicyclic amines) is 1. The molecule has 1 aromatic carbocycles. The van der Waals surface area contributed by atoms with Gasteiger partial charge in [-0.1, -0.05) is 13.8 Å². The van der Waals surface area contributed by atoms with Crippen LogP contribution < -0.4 is 10.2 Å². The van der Waals surface area contributed by atoms with Crippen molar-refractivity contribution in [2.75, 3.05) is 49.8 Å². The molecular formula is C24H33FN4O4S. The molecule has 0 bridgehead atoms. The van der Waals surface area contributed by atoms with Gasteiger partial charge in [0.05, 0.1) is 17.2 Å². The Morgan fingerprint density at radius 3 is 2.59 bits per heavy atom. The van der Waals surface area contributed by atoms with Crippen molar-refractivity contribution in [1.82, 2.24) is 9.88 Å². The van der Waals surface area contributed by atoms with E-state index in [9.17, 15) is 17.6 Å². The van der Waals surface area contributed by atoms with Gasteiger partial charge in [0.1, 0.15) is 11.6 Å². The molecule has 2 aromatic rings. The molecule has 1 aliphatic heterocycles. The summed E-state index contributed by atoms with van der Waals surface area (Å²) in [6, 6.07) is 7.34. The van der Waals surface area contributed by atoms with Crippen LogP contribution in [0.3, 0.4) is 0 Å². The molecule has 8 nitrogen and oxygen atoms in total. The summed E-state index contributed by atoms with van der Waals surface area (Å²) in [5.41, 5.74) is 0.828. The number of anilines is 3. The Hall–Kier alpha value is -2.88. The fourth-order valence-electron chi connectivity index (χ4n) is 3.80. The van der Waals surface area contributed by atoms with E-state index in [2.05, 4.69) is 10.3 Å². The molecule has 0 spiro atoms. The Morgan fingerprint density at radius 1 is 1.26 bits per heavy atom. The predicted octanol–water partition coefficient (Wildman–Crippen LogP) is 4.31. The van der Waals surface area contributed by atoms with Gasteiger partial charge in [-0.05, 0) is 48.9 Å². The van der Waals surface area contributed by atoms with Gasteiger partial charge < -0.3 is 19.9 Å². The van der Waals surface area contributed by atoms with E-state index >= 15 is 0 Å². The molecule has 0 aliphatic carbocycles. The summed E-state index contributed by atoms with van der Waals surface area (Å²) in [4.78, 5) is 20.3. The van der Waals surface area contributed by atoms with Crippen LogP contribution >= 0.6 is 0 Å². The summed E-state index contributed by atoms with van der Waals surface area (Å²) in [5.74, 6) is 0.819. The molecule has 1 fully saturated rings. The van der Waals surface area contributed by atoms with Crippen LogP contribution in [-0.2, 0) is 14.6 Å². The quantitative estimate of drug-likeness (QED) is 0.587. The van der Waals surface area contributed by atoms with E-state index in [0.717, 1.165) is 37.5 Å². The third kappa shape index (κ3) is 7.06. The van der Waals surface area contributed by atoms with E-state index in [1.165, 1.54) is 12.1 Å². The average Bonchev–Trinajstić information content (AvgIpc) is 2.78. The van der Waals surface area contributed by atoms with Crippen molar-refractivity contribution in [1.29, 1.82) is 0 Å². The number of nitrogens with one attached hydrogen (secondary N) is 1. The molecule has 0 atom stereocenters. The lowest BCUT2D eigenvalue weighted by atomic mass is 9.96. The van der Waals surface area contributed by atoms with Gasteiger partial charge in [0.25, 0.3) is 0 Å². The van der Waals surface area contributed by atoms with Crippen molar-refractivity contribution >= 4 is 33.1 Å². The van der Waals surface area contributed by atoms with Crippen molar-refractivity contribution in [3.05, 3.63) is 42.3 Å². The van der Waals surface area contributed by atoms with Gasteiger partial charge in [0.2, 0.25) is 0 Å². The third-order valence-electron chi connectivity index (χ3n) is 5.73. The van der Waals surface area contributed by atoms with Crippen molar-refractivity contribution in [3.8, 4) is 0 Å². The van der Waals surface area contributed by atoms with Gasteiger partial charge in [0.15, 0.2) is 9.84 Å². The summed E-state index contributed by atoms with van der Waals surface area (Å²) in [6.45, 7) is 6.59. The lowest BCUT2D eigenvalue weighted by Gasteiger charge is -2.33. The van der Waals surface area contributed by atoms with Gasteiger partial charge in [-0.15, -0.1) is 0 Å². The molecule has 1 N–H and O–H groups in total. The van der Waals surface area contributed by atoms with Crippen molar-refractivity contribution in [2.24, 2.45) is 11.8 Å². The van der Waals surface area contributed by atoms with E-state index in [0.29, 0.717) is 37.2 Å². The second-order valence-electron chi connectivity index (χ2n) is 9.22. The highest BCUT2D eigenvalue weighted by Gasteiger charge is 2.25. The number of hydrogen-bond acceptors (Lipinski definition) is 7. The van der Waals surface area contributed by atoms with Crippen LogP contribution in [-0.4, -0.2) is 63.9 Å². The molecule has 1 aromatic heterocycles. The van der Waals surface area contributed by atoms with Crippen LogP contribution in [0.5, 0.6) is 0 Å². The molecule has 1 aliphatic rings. The van der Waals surface area contributed by atoms with E-state index in [1.807, 2.05) is 31.9 Å². The van der Waals surface area contributed by atoms with Crippen molar-refractivity contribution < 1.29 is 22.3 Å². The van der Waals surface area contributed by atoms with Crippen LogP contribution in [0.2, 0.25) is 0 Å². The minimum atomic E-state index is -3.48. The number of carbonyl (C=O) groups is 1. The van der Waals surface area contributed by atoms with Crippen molar-refractivity contribution in [2.45, 2.75) is 31.6 Å². The first kappa shape index (κ1) is 25.7. The molecule has 2 heterocycles. The molecule has 10 heteroatoms. The van der Waals surface area contributed by atoms with E-state index in [1.54, 1.807) is 17.2 Å². The highest BCUT2D eigenvalue weighted by molar-refractivity contribution is 7.90. The second-order valence-corrected chi connectivity index (χ2v) is 11.2. The molecule has 1 saturated heterocycles. The van der Waals surface area contributed by atoms with Gasteiger partial charge >= 0.3 is 6.09 Å². The van der Waals surface area contributed by atoms with Gasteiger partial charge in [-0.3, -0.25) is 0 Å². The molecule has 0 saturated carbocycles. The number of carbonyl (C=O) groups excluding carboxylic acids is 1. The third-order valence-corrected chi connectivity index (χ3v) is 6.84. The summed E-state index contributed by atoms with van der Waals surface area (Å²) in [7, 11) is -1.52. The summed E-state index contributed by atoms with van der Waals surface area (Å²) in [5, 5.41) is 2.99. The summed E-state index contributed by atoms with van der Waals surface area (Å²) in [6.07, 6.45) is 4.22. The molecule has 186 valence electrons. The number of aromatic nitrogens is 1. The number of amides is 1. The maximum absolute atomic E-state index is 14.4. The predicted molar refractivity (Wildman–Crippen MR) is 131 cm³/mol. The normalized spacial score (nSPS) is 14.8. The van der Waals surface area contributed by atoms with Crippen LogP contribution in [0.25, 0.3) is 0 Å². The first-order valence-corrected chi connectivity index (χ1v) is 13.3. The Balaban J connectivity index is 1.56. The van der Waals surface area contributed by atoms with Crippen LogP contribution in [0, 0.1) is 17.7 Å². The number of benzene rings is 1. The molecule has 34 heavy (non-hydrogen) atoms. The first-order valence-electron chi connectivity index (χ1n) is 11.4. The zero-order valence-electron chi connectivity index (χ0n) is 20.1. The minimum Gasteiger partial charge on any atom is -0.449 e. The molecule has 0 radical (unpaired) electrons. The largest absolute Gasteiger partial charge is 0.449 e. The highest BCUT2D eigenvalue weighted by Crippen LogP contribution is 2.26. The van der Waals surface area contributed by atoms with Crippen LogP contribution in [0.15, 0.2) is 41.4 Å². The Labute approximate surface area is 201 Å². The minimum absolute atomic E-state index is 0.0649. The number of ether oxygens (including phenoxy) is 1. The van der Waals surface area contributed by atoms with E-state index in [-0.39, 0.29) is 16.7 Å². The van der Waals surface area contributed by atoms with Crippen LogP contribution in [0.1, 0.15) is 26.7 Å². The number of nitrogens with zero attached hydrogens (tertiary/aromatic N) is 3. The topological polar surface area (TPSA) is 91.8 Å².